The summed E-state index contributed by atoms with van der Waals surface area (Å²) in [5, 5.41) is 9.01. The van der Waals surface area contributed by atoms with E-state index in [1.54, 1.807) is 0 Å². The zero-order valence-electron chi connectivity index (χ0n) is 29.5. The van der Waals surface area contributed by atoms with E-state index in [9.17, 15) is 0 Å². The van der Waals surface area contributed by atoms with Crippen LogP contribution in [0.4, 0.5) is 0 Å². The van der Waals surface area contributed by atoms with Gasteiger partial charge in [0.25, 0.3) is 0 Å². The number of fused-ring (bicyclic) bond motifs is 2. The topological polar surface area (TPSA) is 23.8 Å². The number of nitriles is 1. The van der Waals surface area contributed by atoms with Gasteiger partial charge in [0.05, 0.1) is 11.6 Å². The molecule has 187 valence electrons. The van der Waals surface area contributed by atoms with Gasteiger partial charge < -0.3 is 0 Å². The van der Waals surface area contributed by atoms with Crippen molar-refractivity contribution in [3.05, 3.63) is 34.9 Å². The molecule has 0 aromatic heterocycles. The summed E-state index contributed by atoms with van der Waals surface area (Å²) in [6.45, 7) is 4.75. The quantitative estimate of drug-likeness (QED) is 0.176. The van der Waals surface area contributed by atoms with Crippen molar-refractivity contribution in [3.8, 4) is 6.07 Å². The van der Waals surface area contributed by atoms with Crippen LogP contribution >= 0.6 is 12.1 Å². The Morgan fingerprint density at radius 1 is 0.580 bits per heavy atom. The molecule has 2 bridgehead atoms. The van der Waals surface area contributed by atoms with E-state index < -0.39 is 95.8 Å². The van der Waals surface area contributed by atoms with E-state index >= 15 is 0 Å². The molecule has 0 N–H and O–H groups in total. The van der Waals surface area contributed by atoms with E-state index in [0.29, 0.717) is 10.8 Å². The number of hydrogen-bond acceptors (Lipinski definition) is 2. The molecule has 1 aromatic carbocycles. The fourth-order valence-corrected chi connectivity index (χ4v) is 9.08. The molecule has 3 aliphatic carbocycles. The molecule has 35 heteroatoms. The van der Waals surface area contributed by atoms with E-state index in [-0.39, 0.29) is 0 Å². The van der Waals surface area contributed by atoms with Crippen LogP contribution < -0.4 is 0 Å². The Hall–Kier alpha value is 1.07. The summed E-state index contributed by atoms with van der Waals surface area (Å²) in [4.78, 5) is 0. The predicted molar refractivity (Wildman–Crippen MR) is 262 cm³/mol. The van der Waals surface area contributed by atoms with Crippen LogP contribution in [0.1, 0.15) is 56.2 Å². The first kappa shape index (κ1) is 47.2. The molecule has 0 aliphatic heterocycles. The summed E-state index contributed by atoms with van der Waals surface area (Å²) in [6, 6.07) is 9.98. The van der Waals surface area contributed by atoms with Crippen molar-refractivity contribution in [1.29, 1.82) is 5.26 Å². The van der Waals surface area contributed by atoms with Crippen LogP contribution in [-0.2, 0) is 10.8 Å². The van der Waals surface area contributed by atoms with Gasteiger partial charge in [0.15, 0.2) is 0 Å². The fourth-order valence-electron chi connectivity index (χ4n) is 8.72. The van der Waals surface area contributed by atoms with Crippen LogP contribution in [0, 0.1) is 11.3 Å². The van der Waals surface area contributed by atoms with Crippen molar-refractivity contribution in [1.82, 2.24) is 0 Å². The van der Waals surface area contributed by atoms with Crippen LogP contribution in [0.15, 0.2) is 18.2 Å². The molecule has 0 atom stereocenters. The standard InChI is InChI=1S/C15H17N.B33S/c1-14-5-7-15(2,8-6-14)13-9-11(10-16)3-4-12(13)14;1-17-26(16)31(25(14)15)33(30(23(10)11)24(12)13)27(18-34)32(28(19(2)3)20(4)5)29(21(6)7)22(8)9/h3-4,9H,5-8H2,1-2H3;. The molecule has 50 heavy (non-hydrogen) atoms. The molecular weight excluding hydrogens is 583 g/mol. The van der Waals surface area contributed by atoms with Gasteiger partial charge in [0.1, 0.15) is 0 Å². The Labute approximate surface area is 339 Å². The normalized spacial score (nSPS) is 17.7. The fraction of sp³-hybridized carbons (Fsp3) is 0.533. The van der Waals surface area contributed by atoms with E-state index in [2.05, 4.69) is 32.0 Å². The van der Waals surface area contributed by atoms with Crippen molar-refractivity contribution >= 4 is 245 Å². The maximum absolute atomic E-state index is 9.01. The van der Waals surface area contributed by atoms with Gasteiger partial charge in [-0.1, -0.05) is 19.9 Å². The Morgan fingerprint density at radius 2 is 0.920 bits per heavy atom. The molecule has 1 aromatic rings. The van der Waals surface area contributed by atoms with Gasteiger partial charge in [-0.25, -0.2) is 0 Å². The number of rotatable bonds is 16. The molecule has 33 radical (unpaired) electrons. The molecule has 1 saturated carbocycles. The van der Waals surface area contributed by atoms with E-state index in [1.807, 2.05) is 6.07 Å². The third-order valence-electron chi connectivity index (χ3n) is 11.5. The molecule has 0 amide bonds. The first-order valence-corrected chi connectivity index (χ1v) is 17.5. The van der Waals surface area contributed by atoms with Crippen LogP contribution in [0.5, 0.6) is 0 Å². The zero-order valence-corrected chi connectivity index (χ0v) is 30.3. The molecule has 4 rings (SSSR count). The third kappa shape index (κ3) is 10.9. The molecule has 1 fully saturated rings. The van der Waals surface area contributed by atoms with Crippen molar-refractivity contribution in [2.24, 2.45) is 0 Å². The van der Waals surface area contributed by atoms with Gasteiger partial charge in [-0.05, 0) is 59.8 Å². The summed E-state index contributed by atoms with van der Waals surface area (Å²) >= 11 is 5.45. The van der Waals surface area contributed by atoms with Gasteiger partial charge in [-0.2, -0.15) is 5.26 Å². The Kier molecular flexibility index (Phi) is 19.2. The summed E-state index contributed by atoms with van der Waals surface area (Å²) in [6.07, 6.45) is -8.77. The van der Waals surface area contributed by atoms with Crippen LogP contribution in [0.2, 0.25) is 0 Å². The van der Waals surface area contributed by atoms with Crippen molar-refractivity contribution in [2.75, 3.05) is 0 Å². The minimum absolute atomic E-state index is 0.333. The first-order chi connectivity index (χ1) is 23.1. The average molecular weight is 600 g/mol. The van der Waals surface area contributed by atoms with Crippen LogP contribution in [-0.4, -0.2) is 233 Å². The maximum atomic E-state index is 9.01. The molecular formula is C15H17B33NS. The Bertz CT molecular complexity index is 1220. The number of nitrogens with zero attached hydrogens (tertiary/aromatic N) is 1. The van der Waals surface area contributed by atoms with Gasteiger partial charge >= 0.3 is 245 Å². The van der Waals surface area contributed by atoms with Crippen LogP contribution in [0.3, 0.4) is 0 Å². The van der Waals surface area contributed by atoms with Gasteiger partial charge in [-0.15, -0.1) is 0 Å². The summed E-state index contributed by atoms with van der Waals surface area (Å²) in [5.41, 5.74) is 4.48. The van der Waals surface area contributed by atoms with Crippen molar-refractivity contribution in [3.63, 3.8) is 0 Å². The molecule has 0 saturated heterocycles. The second-order valence-corrected chi connectivity index (χ2v) is 15.3. The predicted octanol–water partition coefficient (Wildman–Crippen LogP) is -8.26. The third-order valence-corrected chi connectivity index (χ3v) is 11.8. The minimum atomic E-state index is -1.06. The van der Waals surface area contributed by atoms with E-state index in [4.69, 9.17) is 141 Å². The summed E-state index contributed by atoms with van der Waals surface area (Å²) in [5.74, 6) is 0. The molecule has 0 spiro atoms. The summed E-state index contributed by atoms with van der Waals surface area (Å²) in [7, 11) is 98.8. The number of hydrogen-bond donors (Lipinski definition) is 0. The second kappa shape index (κ2) is 20.3. The molecule has 1 nitrogen and oxygen atoms in total. The van der Waals surface area contributed by atoms with E-state index in [0.717, 1.165) is 5.56 Å². The van der Waals surface area contributed by atoms with Gasteiger partial charge in [0, 0.05) is 0 Å². The van der Waals surface area contributed by atoms with Gasteiger partial charge in [0.2, 0.25) is 0 Å². The van der Waals surface area contributed by atoms with Crippen LogP contribution in [0.25, 0.3) is 0 Å². The Balaban J connectivity index is 0.000000441. The number of benzene rings is 1. The SMILES string of the molecule is CC12CCC(C)(CC1)c1cc(C#N)ccc12.[B][B]B([B])B(B([B])[B])B(B(B=S)B(B(B([B])[B])B([B])[B])B(B([B])[B])B([B])[B])B(B([B])[B])B([B])[B]. The van der Waals surface area contributed by atoms with Crippen molar-refractivity contribution < 1.29 is 0 Å². The van der Waals surface area contributed by atoms with Gasteiger partial charge in [-0.3, -0.25) is 0 Å². The molecule has 0 unspecified atom stereocenters. The summed E-state index contributed by atoms with van der Waals surface area (Å²) < 4.78 is 0. The molecule has 0 heterocycles. The monoisotopic (exact) mass is 606 g/mol. The Morgan fingerprint density at radius 3 is 1.22 bits per heavy atom. The second-order valence-electron chi connectivity index (χ2n) is 15.0. The molecule has 3 aliphatic rings. The first-order valence-electron chi connectivity index (χ1n) is 17.0. The van der Waals surface area contributed by atoms with E-state index in [1.165, 1.54) is 49.9 Å². The average Bonchev–Trinajstić information content (AvgIpc) is 3.01. The van der Waals surface area contributed by atoms with Crippen molar-refractivity contribution in [2.45, 2.75) is 50.4 Å². The zero-order chi connectivity index (χ0) is 38.5.